The predicted molar refractivity (Wildman–Crippen MR) is 65.0 cm³/mol. The van der Waals surface area contributed by atoms with Crippen LogP contribution >= 0.6 is 0 Å². The summed E-state index contributed by atoms with van der Waals surface area (Å²) in [6.07, 6.45) is 1.80. The first-order valence-electron chi connectivity index (χ1n) is 5.75. The highest BCUT2D eigenvalue weighted by molar-refractivity contribution is 5.46. The van der Waals surface area contributed by atoms with E-state index in [9.17, 15) is 0 Å². The molecule has 1 aliphatic rings. The molecule has 0 unspecified atom stereocenters. The van der Waals surface area contributed by atoms with E-state index >= 15 is 0 Å². The van der Waals surface area contributed by atoms with Crippen molar-refractivity contribution in [1.29, 1.82) is 0 Å². The molecule has 0 bridgehead atoms. The zero-order valence-electron chi connectivity index (χ0n) is 9.58. The van der Waals surface area contributed by atoms with Crippen LogP contribution in [0, 0.1) is 0 Å². The minimum atomic E-state index is 0.842. The highest BCUT2D eigenvalue weighted by Gasteiger charge is 2.17. The van der Waals surface area contributed by atoms with Gasteiger partial charge in [-0.2, -0.15) is 0 Å². The number of hydrogen-bond acceptors (Lipinski definition) is 4. The van der Waals surface area contributed by atoms with Crippen molar-refractivity contribution in [2.45, 2.75) is 19.6 Å². The topological polar surface area (TPSA) is 60.0 Å². The van der Waals surface area contributed by atoms with Crippen molar-refractivity contribution in [2.24, 2.45) is 0 Å². The lowest BCUT2D eigenvalue weighted by Gasteiger charge is -2.27. The molecule has 0 aliphatic carbocycles. The summed E-state index contributed by atoms with van der Waals surface area (Å²) in [4.78, 5) is 2.34. The second-order valence-electron chi connectivity index (χ2n) is 4.35. The van der Waals surface area contributed by atoms with Crippen LogP contribution in [-0.4, -0.2) is 26.2 Å². The SMILES string of the molecule is Nc1ccccc1CN1CCn2cnnc2C1. The third-order valence-electron chi connectivity index (χ3n) is 3.17. The first-order chi connectivity index (χ1) is 8.33. The van der Waals surface area contributed by atoms with Crippen LogP contribution in [-0.2, 0) is 19.6 Å². The van der Waals surface area contributed by atoms with Crippen LogP contribution in [0.25, 0.3) is 0 Å². The maximum atomic E-state index is 5.95. The van der Waals surface area contributed by atoms with Gasteiger partial charge in [0.2, 0.25) is 0 Å². The van der Waals surface area contributed by atoms with E-state index in [1.165, 1.54) is 5.56 Å². The van der Waals surface area contributed by atoms with Crippen molar-refractivity contribution in [3.63, 3.8) is 0 Å². The van der Waals surface area contributed by atoms with Gasteiger partial charge in [-0.3, -0.25) is 4.90 Å². The molecule has 2 heterocycles. The van der Waals surface area contributed by atoms with Crippen molar-refractivity contribution < 1.29 is 0 Å². The lowest BCUT2D eigenvalue weighted by Crippen LogP contribution is -2.33. The Kier molecular flexibility index (Phi) is 2.53. The van der Waals surface area contributed by atoms with E-state index in [2.05, 4.69) is 25.7 Å². The fourth-order valence-corrected chi connectivity index (χ4v) is 2.17. The maximum absolute atomic E-state index is 5.95. The van der Waals surface area contributed by atoms with E-state index in [0.717, 1.165) is 37.7 Å². The Morgan fingerprint density at radius 1 is 1.24 bits per heavy atom. The molecule has 3 rings (SSSR count). The quantitative estimate of drug-likeness (QED) is 0.776. The summed E-state index contributed by atoms with van der Waals surface area (Å²) in [6.45, 7) is 3.68. The van der Waals surface area contributed by atoms with Gasteiger partial charge in [0.15, 0.2) is 0 Å². The third kappa shape index (κ3) is 2.01. The molecule has 0 fully saturated rings. The zero-order chi connectivity index (χ0) is 11.7. The fraction of sp³-hybridized carbons (Fsp3) is 0.333. The Hall–Kier alpha value is -1.88. The highest BCUT2D eigenvalue weighted by atomic mass is 15.3. The molecule has 2 N–H and O–H groups in total. The number of aromatic nitrogens is 3. The predicted octanol–water partition coefficient (Wildman–Crippen LogP) is 0.876. The molecule has 17 heavy (non-hydrogen) atoms. The Bertz CT molecular complexity index is 519. The molecule has 5 heteroatoms. The summed E-state index contributed by atoms with van der Waals surface area (Å²) in [5, 5.41) is 8.04. The molecule has 5 nitrogen and oxygen atoms in total. The standard InChI is InChI=1S/C12H15N5/c13-11-4-2-1-3-10(11)7-16-5-6-17-9-14-15-12(17)8-16/h1-4,9H,5-8,13H2. The van der Waals surface area contributed by atoms with Crippen molar-refractivity contribution in [3.05, 3.63) is 42.0 Å². The van der Waals surface area contributed by atoms with E-state index in [1.54, 1.807) is 6.33 Å². The Morgan fingerprint density at radius 2 is 2.12 bits per heavy atom. The number of rotatable bonds is 2. The molecule has 0 saturated heterocycles. The Balaban J connectivity index is 1.74. The average molecular weight is 229 g/mol. The number of nitrogens with two attached hydrogens (primary N) is 1. The van der Waals surface area contributed by atoms with Gasteiger partial charge in [0.25, 0.3) is 0 Å². The van der Waals surface area contributed by atoms with Gasteiger partial charge in [-0.1, -0.05) is 18.2 Å². The van der Waals surface area contributed by atoms with Gasteiger partial charge in [-0.05, 0) is 11.6 Å². The molecule has 1 aromatic heterocycles. The lowest BCUT2D eigenvalue weighted by atomic mass is 10.1. The molecular weight excluding hydrogens is 214 g/mol. The minimum Gasteiger partial charge on any atom is -0.398 e. The van der Waals surface area contributed by atoms with E-state index in [1.807, 2.05) is 18.2 Å². The van der Waals surface area contributed by atoms with Crippen molar-refractivity contribution in [2.75, 3.05) is 12.3 Å². The number of nitrogens with zero attached hydrogens (tertiary/aromatic N) is 4. The van der Waals surface area contributed by atoms with E-state index in [4.69, 9.17) is 5.73 Å². The number of hydrogen-bond donors (Lipinski definition) is 1. The van der Waals surface area contributed by atoms with Gasteiger partial charge in [-0.25, -0.2) is 0 Å². The van der Waals surface area contributed by atoms with Crippen LogP contribution in [0.2, 0.25) is 0 Å². The third-order valence-corrected chi connectivity index (χ3v) is 3.17. The number of nitrogen functional groups attached to an aromatic ring is 1. The summed E-state index contributed by atoms with van der Waals surface area (Å²) in [7, 11) is 0. The number of fused-ring (bicyclic) bond motifs is 1. The van der Waals surface area contributed by atoms with E-state index < -0.39 is 0 Å². The van der Waals surface area contributed by atoms with Gasteiger partial charge in [0.05, 0.1) is 6.54 Å². The van der Waals surface area contributed by atoms with Gasteiger partial charge in [0.1, 0.15) is 12.2 Å². The molecule has 0 saturated carbocycles. The largest absolute Gasteiger partial charge is 0.398 e. The molecule has 2 aromatic rings. The average Bonchev–Trinajstić information content (AvgIpc) is 2.79. The van der Waals surface area contributed by atoms with Crippen molar-refractivity contribution >= 4 is 5.69 Å². The van der Waals surface area contributed by atoms with Crippen LogP contribution in [0.3, 0.4) is 0 Å². The van der Waals surface area contributed by atoms with Crippen LogP contribution in [0.1, 0.15) is 11.4 Å². The number of anilines is 1. The number of benzene rings is 1. The minimum absolute atomic E-state index is 0.842. The summed E-state index contributed by atoms with van der Waals surface area (Å²) >= 11 is 0. The molecule has 0 radical (unpaired) electrons. The summed E-state index contributed by atoms with van der Waals surface area (Å²) < 4.78 is 2.10. The zero-order valence-corrected chi connectivity index (χ0v) is 9.58. The highest BCUT2D eigenvalue weighted by Crippen LogP contribution is 2.17. The molecule has 1 aromatic carbocycles. The Labute approximate surface area is 99.9 Å². The molecular formula is C12H15N5. The monoisotopic (exact) mass is 229 g/mol. The van der Waals surface area contributed by atoms with Crippen molar-refractivity contribution in [3.8, 4) is 0 Å². The van der Waals surface area contributed by atoms with Crippen LogP contribution in [0.5, 0.6) is 0 Å². The lowest BCUT2D eigenvalue weighted by molar-refractivity contribution is 0.209. The fourth-order valence-electron chi connectivity index (χ4n) is 2.17. The van der Waals surface area contributed by atoms with Gasteiger partial charge in [-0.15, -0.1) is 10.2 Å². The first-order valence-corrected chi connectivity index (χ1v) is 5.75. The second-order valence-corrected chi connectivity index (χ2v) is 4.35. The summed E-state index contributed by atoms with van der Waals surface area (Å²) in [6, 6.07) is 8.01. The van der Waals surface area contributed by atoms with E-state index in [0.29, 0.717) is 0 Å². The second kappa shape index (κ2) is 4.18. The maximum Gasteiger partial charge on any atom is 0.147 e. The Morgan fingerprint density at radius 3 is 3.00 bits per heavy atom. The molecule has 1 aliphatic heterocycles. The van der Waals surface area contributed by atoms with Crippen LogP contribution < -0.4 is 5.73 Å². The van der Waals surface area contributed by atoms with Crippen LogP contribution in [0.4, 0.5) is 5.69 Å². The van der Waals surface area contributed by atoms with Gasteiger partial charge < -0.3 is 10.3 Å². The number of para-hydroxylation sites is 1. The summed E-state index contributed by atoms with van der Waals surface area (Å²) in [5.74, 6) is 1.03. The van der Waals surface area contributed by atoms with Crippen LogP contribution in [0.15, 0.2) is 30.6 Å². The van der Waals surface area contributed by atoms with E-state index in [-0.39, 0.29) is 0 Å². The smallest absolute Gasteiger partial charge is 0.147 e. The first kappa shape index (κ1) is 10.3. The molecule has 0 spiro atoms. The molecule has 88 valence electrons. The molecule has 0 atom stereocenters. The van der Waals surface area contributed by atoms with Gasteiger partial charge in [0, 0.05) is 25.3 Å². The molecule has 0 amide bonds. The summed E-state index contributed by atoms with van der Waals surface area (Å²) in [5.41, 5.74) is 7.99. The van der Waals surface area contributed by atoms with Crippen molar-refractivity contribution in [1.82, 2.24) is 19.7 Å². The normalized spacial score (nSPS) is 15.8. The van der Waals surface area contributed by atoms with Gasteiger partial charge >= 0.3 is 0 Å².